The zero-order chi connectivity index (χ0) is 15.5. The molecule has 116 valence electrons. The predicted octanol–water partition coefficient (Wildman–Crippen LogP) is 0.993. The summed E-state index contributed by atoms with van der Waals surface area (Å²) in [6, 6.07) is 6.55. The number of hydrogen-bond acceptors (Lipinski definition) is 4. The highest BCUT2D eigenvalue weighted by Crippen LogP contribution is 2.20. The number of sulfonamides is 1. The van der Waals surface area contributed by atoms with Crippen LogP contribution in [-0.4, -0.2) is 46.5 Å². The molecule has 0 spiro atoms. The lowest BCUT2D eigenvalue weighted by atomic mass is 10.2. The number of nitrogens with zero attached hydrogens (tertiary/aromatic N) is 1. The SMILES string of the molecule is CO[C@H](C)CS(=O)(=O)Nc1ccc(N2CCNC2=O)cc1. The van der Waals surface area contributed by atoms with E-state index in [1.54, 1.807) is 36.1 Å². The number of carbonyl (C=O) groups excluding carboxylic acids is 1. The van der Waals surface area contributed by atoms with E-state index in [4.69, 9.17) is 4.74 Å². The summed E-state index contributed by atoms with van der Waals surface area (Å²) in [6.07, 6.45) is -0.380. The number of nitrogens with one attached hydrogen (secondary N) is 2. The second-order valence-electron chi connectivity index (χ2n) is 4.86. The van der Waals surface area contributed by atoms with Crippen molar-refractivity contribution >= 4 is 27.4 Å². The zero-order valence-corrected chi connectivity index (χ0v) is 12.8. The maximum absolute atomic E-state index is 11.9. The second kappa shape index (κ2) is 6.31. The monoisotopic (exact) mass is 313 g/mol. The van der Waals surface area contributed by atoms with Crippen molar-refractivity contribution in [2.75, 3.05) is 35.6 Å². The number of methoxy groups -OCH3 is 1. The summed E-state index contributed by atoms with van der Waals surface area (Å²) in [5, 5.41) is 2.71. The summed E-state index contributed by atoms with van der Waals surface area (Å²) in [7, 11) is -1.99. The molecule has 0 bridgehead atoms. The summed E-state index contributed by atoms with van der Waals surface area (Å²) < 4.78 is 31.2. The minimum Gasteiger partial charge on any atom is -0.381 e. The first-order chi connectivity index (χ1) is 9.91. The normalized spacial score (nSPS) is 16.7. The maximum atomic E-state index is 11.9. The molecule has 0 aliphatic carbocycles. The topological polar surface area (TPSA) is 87.7 Å². The lowest BCUT2D eigenvalue weighted by Crippen LogP contribution is -2.27. The molecule has 0 unspecified atom stereocenters. The third-order valence-corrected chi connectivity index (χ3v) is 4.62. The van der Waals surface area contributed by atoms with Crippen LogP contribution in [0.15, 0.2) is 24.3 Å². The molecular weight excluding hydrogens is 294 g/mol. The molecule has 2 N–H and O–H groups in total. The lowest BCUT2D eigenvalue weighted by Gasteiger charge is -2.15. The quantitative estimate of drug-likeness (QED) is 0.820. The first kappa shape index (κ1) is 15.6. The molecule has 1 saturated heterocycles. The summed E-state index contributed by atoms with van der Waals surface area (Å²) in [5.74, 6) is -0.111. The third-order valence-electron chi connectivity index (χ3n) is 3.17. The average molecular weight is 313 g/mol. The first-order valence-corrected chi connectivity index (χ1v) is 8.25. The molecule has 1 aliphatic rings. The number of carbonyl (C=O) groups is 1. The van der Waals surface area contributed by atoms with E-state index in [0.717, 1.165) is 5.69 Å². The van der Waals surface area contributed by atoms with Gasteiger partial charge in [-0.05, 0) is 31.2 Å². The Morgan fingerprint density at radius 1 is 1.38 bits per heavy atom. The Hall–Kier alpha value is -1.80. The number of anilines is 2. The fraction of sp³-hybridized carbons (Fsp3) is 0.462. The van der Waals surface area contributed by atoms with Gasteiger partial charge >= 0.3 is 6.03 Å². The molecule has 7 nitrogen and oxygen atoms in total. The van der Waals surface area contributed by atoms with Crippen molar-refractivity contribution in [3.8, 4) is 0 Å². The van der Waals surface area contributed by atoms with E-state index in [1.807, 2.05) is 0 Å². The van der Waals surface area contributed by atoms with Gasteiger partial charge in [-0.3, -0.25) is 9.62 Å². The molecule has 0 radical (unpaired) electrons. The number of rotatable bonds is 6. The van der Waals surface area contributed by atoms with Gasteiger partial charge < -0.3 is 10.1 Å². The summed E-state index contributed by atoms with van der Waals surface area (Å²) in [4.78, 5) is 13.1. The highest BCUT2D eigenvalue weighted by Gasteiger charge is 2.21. The molecule has 1 atom stereocenters. The van der Waals surface area contributed by atoms with E-state index >= 15 is 0 Å². The van der Waals surface area contributed by atoms with Crippen molar-refractivity contribution in [3.63, 3.8) is 0 Å². The van der Waals surface area contributed by atoms with Gasteiger partial charge in [0.25, 0.3) is 0 Å². The van der Waals surface area contributed by atoms with Gasteiger partial charge in [-0.25, -0.2) is 13.2 Å². The van der Waals surface area contributed by atoms with E-state index in [9.17, 15) is 13.2 Å². The maximum Gasteiger partial charge on any atom is 0.321 e. The fourth-order valence-corrected chi connectivity index (χ4v) is 3.36. The Balaban J connectivity index is 2.04. The van der Waals surface area contributed by atoms with Crippen LogP contribution < -0.4 is 14.9 Å². The minimum absolute atomic E-state index is 0.111. The highest BCUT2D eigenvalue weighted by molar-refractivity contribution is 7.92. The van der Waals surface area contributed by atoms with Crippen LogP contribution in [0.2, 0.25) is 0 Å². The number of benzene rings is 1. The first-order valence-electron chi connectivity index (χ1n) is 6.60. The van der Waals surface area contributed by atoms with E-state index in [1.165, 1.54) is 7.11 Å². The van der Waals surface area contributed by atoms with Crippen LogP contribution in [0, 0.1) is 0 Å². The Bertz CT molecular complexity index is 600. The molecule has 0 aromatic heterocycles. The third kappa shape index (κ3) is 4.08. The van der Waals surface area contributed by atoms with Gasteiger partial charge in [0.1, 0.15) is 0 Å². The van der Waals surface area contributed by atoms with Gasteiger partial charge in [-0.2, -0.15) is 0 Å². The number of ether oxygens (including phenoxy) is 1. The van der Waals surface area contributed by atoms with Crippen LogP contribution in [0.25, 0.3) is 0 Å². The van der Waals surface area contributed by atoms with Gasteiger partial charge in [0.05, 0.1) is 11.9 Å². The molecule has 1 aromatic carbocycles. The van der Waals surface area contributed by atoms with Crippen molar-refractivity contribution in [2.45, 2.75) is 13.0 Å². The van der Waals surface area contributed by atoms with Crippen LogP contribution in [0.1, 0.15) is 6.92 Å². The van der Waals surface area contributed by atoms with Gasteiger partial charge in [0.2, 0.25) is 10.0 Å². The Kier molecular flexibility index (Phi) is 4.69. The van der Waals surface area contributed by atoms with Gasteiger partial charge in [0.15, 0.2) is 0 Å². The summed E-state index contributed by atoms with van der Waals surface area (Å²) in [6.45, 7) is 2.91. The van der Waals surface area contributed by atoms with E-state index in [2.05, 4.69) is 10.0 Å². The van der Waals surface area contributed by atoms with Crippen molar-refractivity contribution in [2.24, 2.45) is 0 Å². The Morgan fingerprint density at radius 2 is 2.05 bits per heavy atom. The average Bonchev–Trinajstić information content (AvgIpc) is 2.85. The standard InChI is InChI=1S/C13H19N3O4S/c1-10(20-2)9-21(18,19)15-11-3-5-12(6-4-11)16-8-7-14-13(16)17/h3-6,10,15H,7-9H2,1-2H3,(H,14,17)/t10-/m1/s1. The predicted molar refractivity (Wildman–Crippen MR) is 81.1 cm³/mol. The molecular formula is C13H19N3O4S. The molecule has 0 saturated carbocycles. The number of urea groups is 1. The van der Waals surface area contributed by atoms with Crippen LogP contribution in [0.5, 0.6) is 0 Å². The van der Waals surface area contributed by atoms with E-state index < -0.39 is 10.0 Å². The van der Waals surface area contributed by atoms with Crippen LogP contribution in [0.3, 0.4) is 0 Å². The Labute approximate surface area is 124 Å². The Morgan fingerprint density at radius 3 is 2.57 bits per heavy atom. The van der Waals surface area contributed by atoms with Crippen molar-refractivity contribution in [1.82, 2.24) is 5.32 Å². The summed E-state index contributed by atoms with van der Waals surface area (Å²) >= 11 is 0. The molecule has 1 fully saturated rings. The molecule has 1 heterocycles. The molecule has 21 heavy (non-hydrogen) atoms. The molecule has 1 aliphatic heterocycles. The van der Waals surface area contributed by atoms with Crippen molar-refractivity contribution in [3.05, 3.63) is 24.3 Å². The molecule has 8 heteroatoms. The van der Waals surface area contributed by atoms with Gasteiger partial charge in [0, 0.05) is 31.6 Å². The zero-order valence-electron chi connectivity index (χ0n) is 12.0. The lowest BCUT2D eigenvalue weighted by molar-refractivity contribution is 0.136. The van der Waals surface area contributed by atoms with E-state index in [-0.39, 0.29) is 17.9 Å². The van der Waals surface area contributed by atoms with Gasteiger partial charge in [-0.15, -0.1) is 0 Å². The van der Waals surface area contributed by atoms with Crippen molar-refractivity contribution in [1.29, 1.82) is 0 Å². The highest BCUT2D eigenvalue weighted by atomic mass is 32.2. The van der Waals surface area contributed by atoms with Gasteiger partial charge in [-0.1, -0.05) is 0 Å². The van der Waals surface area contributed by atoms with Crippen molar-refractivity contribution < 1.29 is 17.9 Å². The van der Waals surface area contributed by atoms with E-state index in [0.29, 0.717) is 18.8 Å². The second-order valence-corrected chi connectivity index (χ2v) is 6.63. The minimum atomic E-state index is -3.46. The summed E-state index contributed by atoms with van der Waals surface area (Å²) in [5.41, 5.74) is 1.19. The largest absolute Gasteiger partial charge is 0.381 e. The van der Waals surface area contributed by atoms with Crippen LogP contribution in [-0.2, 0) is 14.8 Å². The number of hydrogen-bond donors (Lipinski definition) is 2. The molecule has 2 rings (SSSR count). The van der Waals surface area contributed by atoms with Crippen LogP contribution in [0.4, 0.5) is 16.2 Å². The fourth-order valence-electron chi connectivity index (χ4n) is 2.03. The molecule has 1 aromatic rings. The van der Waals surface area contributed by atoms with Crippen LogP contribution >= 0.6 is 0 Å². The smallest absolute Gasteiger partial charge is 0.321 e. The molecule has 2 amide bonds. The number of amides is 2.